The standard InChI is InChI=1S/C19H22N2O5/c1-3-25-18(22)13-26-17-11-14(6-7-16(17)24-2)10-15(12-20)19(23)21-8-4-5-9-21/h6-7,10-11H,3-5,8-9,13H2,1-2H3/b15-10+. The van der Waals surface area contributed by atoms with Crippen molar-refractivity contribution in [2.24, 2.45) is 0 Å². The summed E-state index contributed by atoms with van der Waals surface area (Å²) in [5.41, 5.74) is 0.669. The van der Waals surface area contributed by atoms with E-state index in [1.54, 1.807) is 30.0 Å². The maximum absolute atomic E-state index is 12.4. The molecule has 1 fully saturated rings. The third-order valence-electron chi connectivity index (χ3n) is 3.89. The predicted octanol–water partition coefficient (Wildman–Crippen LogP) is 2.17. The van der Waals surface area contributed by atoms with Crippen molar-refractivity contribution in [3.05, 3.63) is 29.3 Å². The first-order chi connectivity index (χ1) is 12.6. The number of methoxy groups -OCH3 is 1. The van der Waals surface area contributed by atoms with Gasteiger partial charge in [0, 0.05) is 13.1 Å². The van der Waals surface area contributed by atoms with E-state index in [0.717, 1.165) is 12.8 Å². The maximum Gasteiger partial charge on any atom is 0.344 e. The third kappa shape index (κ3) is 4.99. The van der Waals surface area contributed by atoms with Crippen molar-refractivity contribution in [1.82, 2.24) is 4.90 Å². The molecule has 26 heavy (non-hydrogen) atoms. The summed E-state index contributed by atoms with van der Waals surface area (Å²) in [6, 6.07) is 6.95. The van der Waals surface area contributed by atoms with Gasteiger partial charge in [-0.05, 0) is 43.5 Å². The van der Waals surface area contributed by atoms with E-state index >= 15 is 0 Å². The number of benzene rings is 1. The highest BCUT2D eigenvalue weighted by Gasteiger charge is 2.21. The summed E-state index contributed by atoms with van der Waals surface area (Å²) in [5.74, 6) is 0.0169. The molecule has 2 rings (SSSR count). The summed E-state index contributed by atoms with van der Waals surface area (Å²) in [7, 11) is 1.49. The van der Waals surface area contributed by atoms with Crippen molar-refractivity contribution in [3.8, 4) is 17.6 Å². The Morgan fingerprint density at radius 2 is 2.00 bits per heavy atom. The normalized spacial score (nSPS) is 13.9. The number of likely N-dealkylation sites (tertiary alicyclic amines) is 1. The van der Waals surface area contributed by atoms with Crippen LogP contribution in [0.1, 0.15) is 25.3 Å². The van der Waals surface area contributed by atoms with Crippen molar-refractivity contribution in [2.45, 2.75) is 19.8 Å². The smallest absolute Gasteiger partial charge is 0.344 e. The second-order valence-electron chi connectivity index (χ2n) is 5.67. The van der Waals surface area contributed by atoms with Gasteiger partial charge in [-0.2, -0.15) is 5.26 Å². The van der Waals surface area contributed by atoms with Gasteiger partial charge in [-0.15, -0.1) is 0 Å². The van der Waals surface area contributed by atoms with Crippen LogP contribution < -0.4 is 9.47 Å². The molecule has 0 aromatic heterocycles. The highest BCUT2D eigenvalue weighted by Crippen LogP contribution is 2.29. The summed E-state index contributed by atoms with van der Waals surface area (Å²) < 4.78 is 15.5. The highest BCUT2D eigenvalue weighted by molar-refractivity contribution is 6.01. The van der Waals surface area contributed by atoms with Gasteiger partial charge in [-0.3, -0.25) is 4.79 Å². The molecule has 1 aromatic rings. The molecule has 1 aliphatic rings. The van der Waals surface area contributed by atoms with Gasteiger partial charge in [0.05, 0.1) is 13.7 Å². The van der Waals surface area contributed by atoms with Gasteiger partial charge >= 0.3 is 5.97 Å². The van der Waals surface area contributed by atoms with Gasteiger partial charge in [0.15, 0.2) is 18.1 Å². The molecule has 1 aliphatic heterocycles. The Labute approximate surface area is 152 Å². The molecule has 1 amide bonds. The first-order valence-corrected chi connectivity index (χ1v) is 8.46. The number of amides is 1. The molecule has 0 N–H and O–H groups in total. The van der Waals surface area contributed by atoms with Crippen LogP contribution in [0.15, 0.2) is 23.8 Å². The fourth-order valence-corrected chi connectivity index (χ4v) is 2.63. The molecule has 0 radical (unpaired) electrons. The molecule has 138 valence electrons. The van der Waals surface area contributed by atoms with Crippen molar-refractivity contribution < 1.29 is 23.8 Å². The fraction of sp³-hybridized carbons (Fsp3) is 0.421. The van der Waals surface area contributed by atoms with E-state index in [1.807, 2.05) is 6.07 Å². The molecule has 0 atom stereocenters. The number of hydrogen-bond donors (Lipinski definition) is 0. The number of ether oxygens (including phenoxy) is 3. The van der Waals surface area contributed by atoms with Gasteiger partial charge in [-0.25, -0.2) is 4.79 Å². The van der Waals surface area contributed by atoms with E-state index in [-0.39, 0.29) is 24.7 Å². The molecule has 0 saturated carbocycles. The van der Waals surface area contributed by atoms with Crippen molar-refractivity contribution >= 4 is 18.0 Å². The molecule has 1 heterocycles. The van der Waals surface area contributed by atoms with Gasteiger partial charge in [0.1, 0.15) is 11.6 Å². The highest BCUT2D eigenvalue weighted by atomic mass is 16.6. The molecule has 7 heteroatoms. The molecule has 1 aromatic carbocycles. The van der Waals surface area contributed by atoms with E-state index in [2.05, 4.69) is 0 Å². The number of esters is 1. The van der Waals surface area contributed by atoms with E-state index in [9.17, 15) is 14.9 Å². The van der Waals surface area contributed by atoms with Crippen LogP contribution in [0, 0.1) is 11.3 Å². The lowest BCUT2D eigenvalue weighted by atomic mass is 10.1. The number of nitriles is 1. The van der Waals surface area contributed by atoms with Crippen LogP contribution in [0.5, 0.6) is 11.5 Å². The molecule has 7 nitrogen and oxygen atoms in total. The number of carbonyl (C=O) groups is 2. The van der Waals surface area contributed by atoms with Crippen molar-refractivity contribution in [2.75, 3.05) is 33.4 Å². The zero-order valence-corrected chi connectivity index (χ0v) is 15.0. The molecule has 0 spiro atoms. The van der Waals surface area contributed by atoms with Crippen LogP contribution in [0.4, 0.5) is 0 Å². The van der Waals surface area contributed by atoms with Crippen molar-refractivity contribution in [3.63, 3.8) is 0 Å². The number of rotatable bonds is 7. The van der Waals surface area contributed by atoms with Crippen LogP contribution in [0.2, 0.25) is 0 Å². The third-order valence-corrected chi connectivity index (χ3v) is 3.89. The Morgan fingerprint density at radius 3 is 2.62 bits per heavy atom. The number of carbonyl (C=O) groups excluding carboxylic acids is 2. The molecule has 1 saturated heterocycles. The lowest BCUT2D eigenvalue weighted by molar-refractivity contribution is -0.145. The fourth-order valence-electron chi connectivity index (χ4n) is 2.63. The zero-order chi connectivity index (χ0) is 18.9. The minimum Gasteiger partial charge on any atom is -0.493 e. The summed E-state index contributed by atoms with van der Waals surface area (Å²) in [5, 5.41) is 9.34. The summed E-state index contributed by atoms with van der Waals surface area (Å²) in [4.78, 5) is 25.5. The van der Waals surface area contributed by atoms with Gasteiger partial charge in [0.2, 0.25) is 0 Å². The van der Waals surface area contributed by atoms with Crippen LogP contribution in [0.3, 0.4) is 0 Å². The summed E-state index contributed by atoms with van der Waals surface area (Å²) in [6.07, 6.45) is 3.43. The lowest BCUT2D eigenvalue weighted by Gasteiger charge is -2.14. The summed E-state index contributed by atoms with van der Waals surface area (Å²) >= 11 is 0. The van der Waals surface area contributed by atoms with E-state index in [0.29, 0.717) is 30.2 Å². The van der Waals surface area contributed by atoms with Crippen LogP contribution in [-0.2, 0) is 14.3 Å². The monoisotopic (exact) mass is 358 g/mol. The Morgan fingerprint density at radius 1 is 1.27 bits per heavy atom. The van der Waals surface area contributed by atoms with Gasteiger partial charge < -0.3 is 19.1 Å². The van der Waals surface area contributed by atoms with Crippen LogP contribution >= 0.6 is 0 Å². The first kappa shape index (κ1) is 19.3. The largest absolute Gasteiger partial charge is 0.493 e. The molecule has 0 unspecified atom stereocenters. The topological polar surface area (TPSA) is 88.9 Å². The van der Waals surface area contributed by atoms with Gasteiger partial charge in [0.25, 0.3) is 5.91 Å². The van der Waals surface area contributed by atoms with Crippen LogP contribution in [-0.4, -0.2) is 50.2 Å². The average molecular weight is 358 g/mol. The Kier molecular flexibility index (Phi) is 7.03. The molecule has 0 bridgehead atoms. The van der Waals surface area contributed by atoms with Gasteiger partial charge in [-0.1, -0.05) is 6.07 Å². The number of nitrogens with zero attached hydrogens (tertiary/aromatic N) is 2. The predicted molar refractivity (Wildman–Crippen MR) is 94.5 cm³/mol. The van der Waals surface area contributed by atoms with E-state index < -0.39 is 5.97 Å². The minimum atomic E-state index is -0.488. The van der Waals surface area contributed by atoms with Crippen LogP contribution in [0.25, 0.3) is 6.08 Å². The van der Waals surface area contributed by atoms with E-state index in [1.165, 1.54) is 13.2 Å². The second-order valence-corrected chi connectivity index (χ2v) is 5.67. The number of hydrogen-bond acceptors (Lipinski definition) is 6. The average Bonchev–Trinajstić information content (AvgIpc) is 3.19. The molecular formula is C19H22N2O5. The Balaban J connectivity index is 2.20. The quantitative estimate of drug-likeness (QED) is 0.422. The maximum atomic E-state index is 12.4. The molecular weight excluding hydrogens is 336 g/mol. The zero-order valence-electron chi connectivity index (χ0n) is 15.0. The summed E-state index contributed by atoms with van der Waals surface area (Å²) in [6.45, 7) is 3.08. The minimum absolute atomic E-state index is 0.0633. The molecule has 0 aliphatic carbocycles. The Hall–Kier alpha value is -3.01. The van der Waals surface area contributed by atoms with Crippen molar-refractivity contribution in [1.29, 1.82) is 5.26 Å². The Bertz CT molecular complexity index is 730. The lowest BCUT2D eigenvalue weighted by Crippen LogP contribution is -2.28. The second kappa shape index (κ2) is 9.47. The first-order valence-electron chi connectivity index (χ1n) is 8.46. The van der Waals surface area contributed by atoms with E-state index in [4.69, 9.17) is 14.2 Å². The SMILES string of the molecule is CCOC(=O)COc1cc(/C=C(\C#N)C(=O)N2CCCC2)ccc1OC.